The number of alkyl carbamates (subject to hydrolysis) is 1. The highest BCUT2D eigenvalue weighted by molar-refractivity contribution is 5.67. The lowest BCUT2D eigenvalue weighted by atomic mass is 9.73. The number of carbonyl (C=O) groups is 1. The Bertz CT molecular complexity index is 421. The van der Waals surface area contributed by atoms with Crippen LogP contribution in [-0.2, 0) is 9.47 Å². The van der Waals surface area contributed by atoms with Crippen molar-refractivity contribution in [1.29, 1.82) is 0 Å². The molecular formula is C21H43NO5. The zero-order chi connectivity index (χ0) is 21.1. The molecule has 3 N–H and O–H groups in total. The van der Waals surface area contributed by atoms with Crippen LogP contribution in [0.1, 0.15) is 80.6 Å². The molecule has 6 nitrogen and oxygen atoms in total. The second kappa shape index (κ2) is 11.9. The van der Waals surface area contributed by atoms with E-state index in [2.05, 4.69) is 26.1 Å². The van der Waals surface area contributed by atoms with E-state index >= 15 is 0 Å². The summed E-state index contributed by atoms with van der Waals surface area (Å²) in [4.78, 5) is 12.0. The van der Waals surface area contributed by atoms with Crippen molar-refractivity contribution in [3.63, 3.8) is 0 Å². The Kier molecular flexibility index (Phi) is 11.5. The van der Waals surface area contributed by atoms with Crippen LogP contribution in [0.15, 0.2) is 0 Å². The summed E-state index contributed by atoms with van der Waals surface area (Å²) in [5.41, 5.74) is -1.36. The second-order valence-corrected chi connectivity index (χ2v) is 9.04. The Morgan fingerprint density at radius 2 is 1.67 bits per heavy atom. The second-order valence-electron chi connectivity index (χ2n) is 9.04. The minimum absolute atomic E-state index is 0.0926. The molecule has 0 saturated heterocycles. The summed E-state index contributed by atoms with van der Waals surface area (Å²) in [7, 11) is 0. The average Bonchev–Trinajstić information content (AvgIpc) is 2.54. The number of amides is 1. The number of hydrogen-bond acceptors (Lipinski definition) is 5. The molecule has 0 saturated carbocycles. The molecule has 0 fully saturated rings. The van der Waals surface area contributed by atoms with E-state index in [0.717, 1.165) is 32.1 Å². The first-order valence-electron chi connectivity index (χ1n) is 10.3. The Morgan fingerprint density at radius 3 is 2.19 bits per heavy atom. The molecule has 0 rings (SSSR count). The smallest absolute Gasteiger partial charge is 0.407 e. The van der Waals surface area contributed by atoms with Gasteiger partial charge >= 0.3 is 6.09 Å². The van der Waals surface area contributed by atoms with Crippen LogP contribution in [0.5, 0.6) is 0 Å². The first-order chi connectivity index (χ1) is 12.4. The summed E-state index contributed by atoms with van der Waals surface area (Å²) in [6.45, 7) is 15.0. The normalized spacial score (nSPS) is 14.1. The summed E-state index contributed by atoms with van der Waals surface area (Å²) >= 11 is 0. The number of aliphatic hydroxyl groups is 2. The molecule has 162 valence electrons. The van der Waals surface area contributed by atoms with Crippen LogP contribution in [0.4, 0.5) is 4.79 Å². The van der Waals surface area contributed by atoms with E-state index in [-0.39, 0.29) is 24.5 Å². The molecule has 0 spiro atoms. The van der Waals surface area contributed by atoms with Crippen molar-refractivity contribution in [1.82, 2.24) is 5.32 Å². The molecule has 0 aromatic rings. The van der Waals surface area contributed by atoms with Gasteiger partial charge in [-0.2, -0.15) is 0 Å². The Balaban J connectivity index is 4.77. The van der Waals surface area contributed by atoms with Crippen LogP contribution < -0.4 is 5.32 Å². The monoisotopic (exact) mass is 389 g/mol. The molecule has 0 aromatic heterocycles. The lowest BCUT2D eigenvalue weighted by Crippen LogP contribution is -2.48. The maximum absolute atomic E-state index is 12.0. The molecule has 1 atom stereocenters. The quantitative estimate of drug-likeness (QED) is 0.392. The van der Waals surface area contributed by atoms with E-state index in [1.54, 1.807) is 13.8 Å². The number of rotatable bonds is 14. The van der Waals surface area contributed by atoms with E-state index in [1.165, 1.54) is 0 Å². The Labute approximate surface area is 166 Å². The van der Waals surface area contributed by atoms with Crippen molar-refractivity contribution < 1.29 is 24.5 Å². The molecule has 27 heavy (non-hydrogen) atoms. The minimum atomic E-state index is -0.845. The molecular weight excluding hydrogens is 346 g/mol. The predicted octanol–water partition coefficient (Wildman–Crippen LogP) is 3.88. The molecule has 0 aliphatic heterocycles. The molecule has 0 aromatic carbocycles. The number of nitrogens with one attached hydrogen (secondary N) is 1. The first kappa shape index (κ1) is 26.1. The zero-order valence-corrected chi connectivity index (χ0v) is 18.6. The molecule has 0 heterocycles. The van der Waals surface area contributed by atoms with Crippen molar-refractivity contribution in [3.8, 4) is 0 Å². The zero-order valence-electron chi connectivity index (χ0n) is 18.6. The van der Waals surface area contributed by atoms with Gasteiger partial charge < -0.3 is 25.0 Å². The van der Waals surface area contributed by atoms with Gasteiger partial charge in [0.25, 0.3) is 0 Å². The van der Waals surface area contributed by atoms with Gasteiger partial charge in [-0.25, -0.2) is 4.79 Å². The van der Waals surface area contributed by atoms with Gasteiger partial charge in [-0.15, -0.1) is 0 Å². The maximum atomic E-state index is 12.0. The molecule has 6 heteroatoms. The van der Waals surface area contributed by atoms with Crippen LogP contribution in [0.2, 0.25) is 0 Å². The summed E-state index contributed by atoms with van der Waals surface area (Å²) in [6.07, 6.45) is 4.10. The van der Waals surface area contributed by atoms with Gasteiger partial charge in [0, 0.05) is 19.1 Å². The standard InChI is InChI=1S/C21H43NO5/c1-8-9-13-22-18(25)27-20(4,5)17(15-24)16-26-21(6,7)19(2,3)12-10-11-14-23/h17,23-24H,8-16H2,1-7H3,(H,22,25). The summed E-state index contributed by atoms with van der Waals surface area (Å²) in [5, 5.41) is 21.6. The lowest BCUT2D eigenvalue weighted by molar-refractivity contribution is -0.140. The lowest BCUT2D eigenvalue weighted by Gasteiger charge is -2.43. The van der Waals surface area contributed by atoms with Crippen molar-refractivity contribution in [2.75, 3.05) is 26.4 Å². The third kappa shape index (κ3) is 9.26. The van der Waals surface area contributed by atoms with E-state index in [0.29, 0.717) is 13.2 Å². The third-order valence-electron chi connectivity index (χ3n) is 5.84. The van der Waals surface area contributed by atoms with E-state index < -0.39 is 17.3 Å². The van der Waals surface area contributed by atoms with Crippen molar-refractivity contribution in [2.45, 2.75) is 91.8 Å². The maximum Gasteiger partial charge on any atom is 0.407 e. The number of unbranched alkanes of at least 4 members (excludes halogenated alkanes) is 2. The molecule has 0 aliphatic rings. The minimum Gasteiger partial charge on any atom is -0.443 e. The van der Waals surface area contributed by atoms with Crippen LogP contribution in [0, 0.1) is 11.3 Å². The van der Waals surface area contributed by atoms with Crippen LogP contribution in [0.3, 0.4) is 0 Å². The van der Waals surface area contributed by atoms with Crippen molar-refractivity contribution in [2.24, 2.45) is 11.3 Å². The van der Waals surface area contributed by atoms with Crippen LogP contribution >= 0.6 is 0 Å². The van der Waals surface area contributed by atoms with E-state index in [1.807, 2.05) is 13.8 Å². The summed E-state index contributed by atoms with van der Waals surface area (Å²) in [6, 6.07) is 0. The van der Waals surface area contributed by atoms with Gasteiger partial charge in [0.15, 0.2) is 0 Å². The van der Waals surface area contributed by atoms with E-state index in [4.69, 9.17) is 14.6 Å². The predicted molar refractivity (Wildman–Crippen MR) is 109 cm³/mol. The number of hydrogen-bond donors (Lipinski definition) is 3. The number of aliphatic hydroxyl groups excluding tert-OH is 2. The van der Waals surface area contributed by atoms with Crippen molar-refractivity contribution in [3.05, 3.63) is 0 Å². The SMILES string of the molecule is CCCCNC(=O)OC(C)(C)C(CO)COC(C)(C)C(C)(C)CCCCO. The number of carbonyl (C=O) groups excluding carboxylic acids is 1. The highest BCUT2D eigenvalue weighted by Crippen LogP contribution is 2.39. The fourth-order valence-corrected chi connectivity index (χ4v) is 2.68. The van der Waals surface area contributed by atoms with Gasteiger partial charge in [-0.1, -0.05) is 33.6 Å². The summed E-state index contributed by atoms with van der Waals surface area (Å²) < 4.78 is 11.8. The largest absolute Gasteiger partial charge is 0.443 e. The topological polar surface area (TPSA) is 88.0 Å². The Morgan fingerprint density at radius 1 is 1.04 bits per heavy atom. The van der Waals surface area contributed by atoms with Gasteiger partial charge in [-0.05, 0) is 52.4 Å². The number of ether oxygens (including phenoxy) is 2. The van der Waals surface area contributed by atoms with Gasteiger partial charge in [0.2, 0.25) is 0 Å². The summed E-state index contributed by atoms with van der Waals surface area (Å²) in [5.74, 6) is -0.332. The fourth-order valence-electron chi connectivity index (χ4n) is 2.68. The Hall–Kier alpha value is -0.850. The van der Waals surface area contributed by atoms with Crippen LogP contribution in [-0.4, -0.2) is 53.9 Å². The third-order valence-corrected chi connectivity index (χ3v) is 5.84. The molecule has 1 unspecified atom stereocenters. The van der Waals surface area contributed by atoms with Gasteiger partial charge in [0.1, 0.15) is 5.60 Å². The van der Waals surface area contributed by atoms with Gasteiger partial charge in [-0.3, -0.25) is 0 Å². The van der Waals surface area contributed by atoms with Gasteiger partial charge in [0.05, 0.1) is 18.8 Å². The van der Waals surface area contributed by atoms with E-state index in [9.17, 15) is 9.90 Å². The average molecular weight is 390 g/mol. The highest BCUT2D eigenvalue weighted by Gasteiger charge is 2.40. The molecule has 0 radical (unpaired) electrons. The molecule has 0 aliphatic carbocycles. The highest BCUT2D eigenvalue weighted by atomic mass is 16.6. The first-order valence-corrected chi connectivity index (χ1v) is 10.3. The molecule has 1 amide bonds. The van der Waals surface area contributed by atoms with Crippen molar-refractivity contribution >= 4 is 6.09 Å². The van der Waals surface area contributed by atoms with Crippen LogP contribution in [0.25, 0.3) is 0 Å². The molecule has 0 bridgehead atoms. The fraction of sp³-hybridized carbons (Fsp3) is 0.952.